The number of carbonyl (C=O) groups is 1. The van der Waals surface area contributed by atoms with E-state index in [1.54, 1.807) is 32.9 Å². The fourth-order valence-corrected chi connectivity index (χ4v) is 4.57. The summed E-state index contributed by atoms with van der Waals surface area (Å²) in [5, 5.41) is 0. The number of sulfonamides is 1. The Bertz CT molecular complexity index is 890. The minimum atomic E-state index is -3.92. The third-order valence-electron chi connectivity index (χ3n) is 3.26. The summed E-state index contributed by atoms with van der Waals surface area (Å²) in [6, 6.07) is 6.15. The third-order valence-corrected chi connectivity index (χ3v) is 5.92. The van der Waals surface area contributed by atoms with Crippen LogP contribution in [0.3, 0.4) is 0 Å². The Kier molecular flexibility index (Phi) is 4.64. The second-order valence-electron chi connectivity index (χ2n) is 6.45. The Morgan fingerprint density at radius 2 is 1.67 bits per heavy atom. The summed E-state index contributed by atoms with van der Waals surface area (Å²) < 4.78 is 52.7. The van der Waals surface area contributed by atoms with Crippen molar-refractivity contribution in [2.24, 2.45) is 0 Å². The zero-order valence-electron chi connectivity index (χ0n) is 13.8. The monoisotopic (exact) mass is 373 g/mol. The zero-order chi connectivity index (χ0) is 18.3. The smallest absolute Gasteiger partial charge is 0.268 e. The van der Waals surface area contributed by atoms with Gasteiger partial charge in [-0.3, -0.25) is 8.98 Å². The molecule has 132 valence electrons. The molecular weight excluding hydrogens is 354 g/mol. The average Bonchev–Trinajstić information content (AvgIpc) is 2.65. The van der Waals surface area contributed by atoms with E-state index in [0.29, 0.717) is 11.1 Å². The van der Waals surface area contributed by atoms with E-state index in [1.807, 2.05) is 0 Å². The molecule has 1 aromatic carbocycles. The SMILES string of the molecule is CC(C)(C)N1C(=O)C=C(c2ccc(COS(C)(=O)=O)cc2)S1(=O)=O. The van der Waals surface area contributed by atoms with Crippen LogP contribution in [0.25, 0.3) is 4.91 Å². The second-order valence-corrected chi connectivity index (χ2v) is 9.85. The molecule has 0 saturated carbocycles. The number of benzene rings is 1. The molecule has 9 heteroatoms. The molecule has 0 fully saturated rings. The maximum atomic E-state index is 12.6. The van der Waals surface area contributed by atoms with Gasteiger partial charge in [0.1, 0.15) is 4.91 Å². The van der Waals surface area contributed by atoms with Gasteiger partial charge in [0.25, 0.3) is 26.0 Å². The molecule has 1 amide bonds. The van der Waals surface area contributed by atoms with Crippen molar-refractivity contribution >= 4 is 31.0 Å². The van der Waals surface area contributed by atoms with Crippen LogP contribution >= 0.6 is 0 Å². The summed E-state index contributed by atoms with van der Waals surface area (Å²) in [6.07, 6.45) is 2.05. The van der Waals surface area contributed by atoms with Gasteiger partial charge in [0.05, 0.1) is 18.4 Å². The molecule has 2 rings (SSSR count). The van der Waals surface area contributed by atoms with Gasteiger partial charge in [0.2, 0.25) is 0 Å². The number of nitrogens with zero attached hydrogens (tertiary/aromatic N) is 1. The summed E-state index contributed by atoms with van der Waals surface area (Å²) >= 11 is 0. The first-order valence-electron chi connectivity index (χ1n) is 7.07. The average molecular weight is 373 g/mol. The maximum absolute atomic E-state index is 12.6. The predicted octanol–water partition coefficient (Wildman–Crippen LogP) is 1.47. The van der Waals surface area contributed by atoms with Gasteiger partial charge in [0.15, 0.2) is 0 Å². The molecule has 1 aliphatic heterocycles. The van der Waals surface area contributed by atoms with E-state index in [1.165, 1.54) is 12.1 Å². The van der Waals surface area contributed by atoms with Crippen LogP contribution in [-0.4, -0.2) is 38.8 Å². The van der Waals surface area contributed by atoms with E-state index in [2.05, 4.69) is 4.18 Å². The molecule has 0 N–H and O–H groups in total. The summed E-state index contributed by atoms with van der Waals surface area (Å²) in [5.41, 5.74) is 0.0645. The maximum Gasteiger partial charge on any atom is 0.268 e. The van der Waals surface area contributed by atoms with Gasteiger partial charge in [-0.05, 0) is 31.9 Å². The lowest BCUT2D eigenvalue weighted by Crippen LogP contribution is -2.45. The predicted molar refractivity (Wildman–Crippen MR) is 89.6 cm³/mol. The molecule has 0 unspecified atom stereocenters. The molecule has 0 aromatic heterocycles. The van der Waals surface area contributed by atoms with E-state index in [9.17, 15) is 21.6 Å². The van der Waals surface area contributed by atoms with Crippen molar-refractivity contribution in [3.05, 3.63) is 41.5 Å². The van der Waals surface area contributed by atoms with Gasteiger partial charge in [-0.15, -0.1) is 0 Å². The topological polar surface area (TPSA) is 97.8 Å². The molecule has 0 bridgehead atoms. The van der Waals surface area contributed by atoms with Crippen LogP contribution in [-0.2, 0) is 35.7 Å². The number of carbonyl (C=O) groups excluding carboxylic acids is 1. The van der Waals surface area contributed by atoms with E-state index in [4.69, 9.17) is 0 Å². The molecule has 0 saturated heterocycles. The van der Waals surface area contributed by atoms with E-state index < -0.39 is 31.6 Å². The molecule has 0 atom stereocenters. The highest BCUT2D eigenvalue weighted by Crippen LogP contribution is 2.35. The molecular formula is C15H19NO6S2. The summed E-state index contributed by atoms with van der Waals surface area (Å²) in [6.45, 7) is 4.79. The van der Waals surface area contributed by atoms with Gasteiger partial charge in [-0.25, -0.2) is 12.7 Å². The highest BCUT2D eigenvalue weighted by atomic mass is 32.2. The van der Waals surface area contributed by atoms with Crippen molar-refractivity contribution < 1.29 is 25.8 Å². The Morgan fingerprint density at radius 3 is 2.08 bits per heavy atom. The molecule has 1 heterocycles. The fraction of sp³-hybridized carbons (Fsp3) is 0.400. The van der Waals surface area contributed by atoms with Crippen molar-refractivity contribution in [2.75, 3.05) is 6.26 Å². The Hall–Kier alpha value is -1.71. The summed E-state index contributed by atoms with van der Waals surface area (Å²) in [4.78, 5) is 12.0. The molecule has 24 heavy (non-hydrogen) atoms. The van der Waals surface area contributed by atoms with Crippen LogP contribution < -0.4 is 0 Å². The Morgan fingerprint density at radius 1 is 1.12 bits per heavy atom. The van der Waals surface area contributed by atoms with Gasteiger partial charge >= 0.3 is 0 Å². The standard InChI is InChI=1S/C15H19NO6S2/c1-15(2,3)16-14(17)9-13(24(16,20)21)12-7-5-11(6-8-12)10-22-23(4,18)19/h5-9H,10H2,1-4H3. The van der Waals surface area contributed by atoms with Crippen LogP contribution in [0.15, 0.2) is 30.3 Å². The van der Waals surface area contributed by atoms with Gasteiger partial charge < -0.3 is 0 Å². The molecule has 0 spiro atoms. The van der Waals surface area contributed by atoms with Crippen LogP contribution in [0.5, 0.6) is 0 Å². The molecule has 1 aromatic rings. The lowest BCUT2D eigenvalue weighted by molar-refractivity contribution is -0.123. The second kappa shape index (κ2) is 5.98. The first-order chi connectivity index (χ1) is 10.8. The molecule has 1 aliphatic rings. The highest BCUT2D eigenvalue weighted by molar-refractivity contribution is 7.99. The Labute approximate surface area is 142 Å². The van der Waals surface area contributed by atoms with Gasteiger partial charge in [-0.1, -0.05) is 24.3 Å². The minimum absolute atomic E-state index is 0.0713. The summed E-state index contributed by atoms with van der Waals surface area (Å²) in [5.74, 6) is -0.581. The third kappa shape index (κ3) is 3.85. The highest BCUT2D eigenvalue weighted by Gasteiger charge is 2.44. The molecule has 0 aliphatic carbocycles. The summed E-state index contributed by atoms with van der Waals surface area (Å²) in [7, 11) is -7.47. The van der Waals surface area contributed by atoms with Crippen molar-refractivity contribution in [1.82, 2.24) is 4.31 Å². The van der Waals surface area contributed by atoms with Crippen molar-refractivity contribution in [3.63, 3.8) is 0 Å². The van der Waals surface area contributed by atoms with E-state index >= 15 is 0 Å². The van der Waals surface area contributed by atoms with Gasteiger partial charge in [-0.2, -0.15) is 8.42 Å². The van der Waals surface area contributed by atoms with Crippen LogP contribution in [0.2, 0.25) is 0 Å². The Balaban J connectivity index is 2.30. The van der Waals surface area contributed by atoms with Gasteiger partial charge in [0, 0.05) is 6.08 Å². The largest absolute Gasteiger partial charge is 0.269 e. The quantitative estimate of drug-likeness (QED) is 0.742. The lowest BCUT2D eigenvalue weighted by Gasteiger charge is -2.30. The first kappa shape index (κ1) is 18.6. The lowest BCUT2D eigenvalue weighted by atomic mass is 10.1. The fourth-order valence-electron chi connectivity index (χ4n) is 2.33. The number of hydrogen-bond donors (Lipinski definition) is 0. The molecule has 0 radical (unpaired) electrons. The zero-order valence-corrected chi connectivity index (χ0v) is 15.4. The normalized spacial score (nSPS) is 17.9. The first-order valence-corrected chi connectivity index (χ1v) is 10.3. The number of rotatable bonds is 4. The minimum Gasteiger partial charge on any atom is -0.269 e. The van der Waals surface area contributed by atoms with Crippen molar-refractivity contribution in [1.29, 1.82) is 0 Å². The number of amides is 1. The van der Waals surface area contributed by atoms with Crippen LogP contribution in [0.1, 0.15) is 31.9 Å². The van der Waals surface area contributed by atoms with Crippen molar-refractivity contribution in [2.45, 2.75) is 32.9 Å². The van der Waals surface area contributed by atoms with E-state index in [0.717, 1.165) is 16.6 Å². The van der Waals surface area contributed by atoms with Crippen LogP contribution in [0, 0.1) is 0 Å². The molecule has 7 nitrogen and oxygen atoms in total. The van der Waals surface area contributed by atoms with E-state index in [-0.39, 0.29) is 11.5 Å². The van der Waals surface area contributed by atoms with Crippen LogP contribution in [0.4, 0.5) is 0 Å². The van der Waals surface area contributed by atoms with Crippen molar-refractivity contribution in [3.8, 4) is 0 Å². The number of hydrogen-bond acceptors (Lipinski definition) is 6.